The minimum Gasteiger partial charge on any atom is -0.120 e. The molecule has 0 aromatic heterocycles. The Labute approximate surface area is 89.5 Å². The van der Waals surface area contributed by atoms with Crippen LogP contribution in [-0.2, 0) is 0 Å². The standard InChI is InChI=1S/C14H21/c1-4-6-8-10-12-14(3)13-11-9-7-5-2/h1-2,14H,3,6-13H2. The van der Waals surface area contributed by atoms with E-state index >= 15 is 0 Å². The van der Waals surface area contributed by atoms with Crippen LogP contribution in [0.3, 0.4) is 0 Å². The van der Waals surface area contributed by atoms with Crippen molar-refractivity contribution in [2.75, 3.05) is 0 Å². The topological polar surface area (TPSA) is 0 Å². The molecule has 14 heavy (non-hydrogen) atoms. The Kier molecular flexibility index (Phi) is 9.56. The van der Waals surface area contributed by atoms with Crippen molar-refractivity contribution in [3.8, 4) is 24.7 Å². The van der Waals surface area contributed by atoms with Crippen molar-refractivity contribution < 1.29 is 0 Å². The molecular formula is C14H21. The summed E-state index contributed by atoms with van der Waals surface area (Å²) < 4.78 is 0. The summed E-state index contributed by atoms with van der Waals surface area (Å²) in [5.41, 5.74) is 0. The lowest BCUT2D eigenvalue weighted by molar-refractivity contribution is 0.486. The van der Waals surface area contributed by atoms with Crippen LogP contribution in [-0.4, -0.2) is 0 Å². The fourth-order valence-electron chi connectivity index (χ4n) is 1.46. The summed E-state index contributed by atoms with van der Waals surface area (Å²) in [6, 6.07) is 0. The van der Waals surface area contributed by atoms with E-state index in [2.05, 4.69) is 18.8 Å². The Balaban J connectivity index is 3.16. The molecule has 0 saturated carbocycles. The van der Waals surface area contributed by atoms with E-state index in [1.165, 1.54) is 25.7 Å². The van der Waals surface area contributed by atoms with Crippen molar-refractivity contribution in [3.05, 3.63) is 6.92 Å². The third-order valence-electron chi connectivity index (χ3n) is 2.37. The lowest BCUT2D eigenvalue weighted by Gasteiger charge is -2.09. The molecule has 0 nitrogen and oxygen atoms in total. The molecule has 0 fully saturated rings. The minimum atomic E-state index is 0.588. The quantitative estimate of drug-likeness (QED) is 0.402. The number of terminal acetylenes is 2. The average Bonchev–Trinajstić information content (AvgIpc) is 2.19. The van der Waals surface area contributed by atoms with Gasteiger partial charge in [-0.2, -0.15) is 0 Å². The largest absolute Gasteiger partial charge is 0.120 e. The Morgan fingerprint density at radius 1 is 0.857 bits per heavy atom. The van der Waals surface area contributed by atoms with Gasteiger partial charge in [-0.15, -0.1) is 24.7 Å². The predicted octanol–water partition coefficient (Wildman–Crippen LogP) is 3.82. The normalized spacial score (nSPS) is 9.71. The van der Waals surface area contributed by atoms with E-state index in [9.17, 15) is 0 Å². The second-order valence-corrected chi connectivity index (χ2v) is 3.77. The second kappa shape index (κ2) is 10.2. The van der Waals surface area contributed by atoms with E-state index < -0.39 is 0 Å². The van der Waals surface area contributed by atoms with Gasteiger partial charge in [0, 0.05) is 12.8 Å². The van der Waals surface area contributed by atoms with Crippen LogP contribution in [0, 0.1) is 37.5 Å². The molecule has 0 heterocycles. The van der Waals surface area contributed by atoms with Crippen LogP contribution in [0.15, 0.2) is 0 Å². The molecule has 0 unspecified atom stereocenters. The van der Waals surface area contributed by atoms with Crippen LogP contribution in [0.25, 0.3) is 0 Å². The highest BCUT2D eigenvalue weighted by Crippen LogP contribution is 2.15. The number of hydrogen-bond acceptors (Lipinski definition) is 0. The maximum absolute atomic E-state index is 5.17. The summed E-state index contributed by atoms with van der Waals surface area (Å²) in [6.07, 6.45) is 19.3. The first-order valence-electron chi connectivity index (χ1n) is 5.51. The molecular weight excluding hydrogens is 168 g/mol. The summed E-state index contributed by atoms with van der Waals surface area (Å²) in [6.45, 7) is 4.13. The van der Waals surface area contributed by atoms with Gasteiger partial charge in [0.25, 0.3) is 0 Å². The molecule has 0 atom stereocenters. The van der Waals surface area contributed by atoms with Gasteiger partial charge in [-0.25, -0.2) is 0 Å². The predicted molar refractivity (Wildman–Crippen MR) is 63.4 cm³/mol. The smallest absolute Gasteiger partial charge is 0.00860 e. The zero-order chi connectivity index (χ0) is 10.6. The maximum Gasteiger partial charge on any atom is 0.00860 e. The van der Waals surface area contributed by atoms with Crippen LogP contribution < -0.4 is 0 Å². The first kappa shape index (κ1) is 13.1. The highest BCUT2D eigenvalue weighted by atomic mass is 14.1. The van der Waals surface area contributed by atoms with E-state index in [4.69, 9.17) is 12.8 Å². The average molecular weight is 189 g/mol. The zero-order valence-electron chi connectivity index (χ0n) is 9.10. The highest BCUT2D eigenvalue weighted by Gasteiger charge is 2.01. The summed E-state index contributed by atoms with van der Waals surface area (Å²) in [5.74, 6) is 5.91. The molecule has 0 N–H and O–H groups in total. The number of rotatable bonds is 8. The van der Waals surface area contributed by atoms with Gasteiger partial charge < -0.3 is 0 Å². The van der Waals surface area contributed by atoms with Gasteiger partial charge in [0.05, 0.1) is 0 Å². The van der Waals surface area contributed by atoms with Gasteiger partial charge in [0.2, 0.25) is 0 Å². The van der Waals surface area contributed by atoms with Gasteiger partial charge in [-0.3, -0.25) is 0 Å². The molecule has 0 amide bonds. The summed E-state index contributed by atoms with van der Waals surface area (Å²) >= 11 is 0. The molecule has 0 saturated heterocycles. The van der Waals surface area contributed by atoms with Gasteiger partial charge in [-0.1, -0.05) is 32.6 Å². The van der Waals surface area contributed by atoms with E-state index in [1.54, 1.807) is 0 Å². The van der Waals surface area contributed by atoms with Gasteiger partial charge >= 0.3 is 0 Å². The first-order chi connectivity index (χ1) is 6.81. The SMILES string of the molecule is C#CCCCCC([CH2])CCCCC#C. The minimum absolute atomic E-state index is 0.588. The van der Waals surface area contributed by atoms with Crippen LogP contribution >= 0.6 is 0 Å². The number of unbranched alkanes of at least 4 members (excludes halogenated alkanes) is 4. The highest BCUT2D eigenvalue weighted by molar-refractivity contribution is 4.83. The van der Waals surface area contributed by atoms with E-state index in [0.29, 0.717) is 5.92 Å². The van der Waals surface area contributed by atoms with E-state index in [1.807, 2.05) is 0 Å². The monoisotopic (exact) mass is 189 g/mol. The van der Waals surface area contributed by atoms with Crippen LogP contribution in [0.2, 0.25) is 0 Å². The third kappa shape index (κ3) is 9.21. The molecule has 0 aromatic carbocycles. The molecule has 0 aliphatic rings. The van der Waals surface area contributed by atoms with E-state index in [0.717, 1.165) is 25.7 Å². The van der Waals surface area contributed by atoms with Crippen LogP contribution in [0.1, 0.15) is 51.4 Å². The van der Waals surface area contributed by atoms with Crippen molar-refractivity contribution in [1.29, 1.82) is 0 Å². The molecule has 0 rings (SSSR count). The Morgan fingerprint density at radius 2 is 1.29 bits per heavy atom. The summed E-state index contributed by atoms with van der Waals surface area (Å²) in [5, 5.41) is 0. The molecule has 0 bridgehead atoms. The lowest BCUT2D eigenvalue weighted by atomic mass is 9.97. The van der Waals surface area contributed by atoms with Crippen LogP contribution in [0.4, 0.5) is 0 Å². The van der Waals surface area contributed by atoms with Crippen molar-refractivity contribution >= 4 is 0 Å². The third-order valence-corrected chi connectivity index (χ3v) is 2.37. The van der Waals surface area contributed by atoms with Crippen LogP contribution in [0.5, 0.6) is 0 Å². The Morgan fingerprint density at radius 3 is 1.64 bits per heavy atom. The van der Waals surface area contributed by atoms with E-state index in [-0.39, 0.29) is 0 Å². The van der Waals surface area contributed by atoms with Gasteiger partial charge in [0.1, 0.15) is 0 Å². The summed E-state index contributed by atoms with van der Waals surface area (Å²) in [7, 11) is 0. The molecule has 0 aromatic rings. The maximum atomic E-state index is 5.17. The molecule has 0 spiro atoms. The van der Waals surface area contributed by atoms with Crippen molar-refractivity contribution in [3.63, 3.8) is 0 Å². The Hall–Kier alpha value is -0.880. The van der Waals surface area contributed by atoms with Gasteiger partial charge in [-0.05, 0) is 18.8 Å². The van der Waals surface area contributed by atoms with Crippen molar-refractivity contribution in [1.82, 2.24) is 0 Å². The van der Waals surface area contributed by atoms with Crippen molar-refractivity contribution in [2.24, 2.45) is 5.92 Å². The second-order valence-electron chi connectivity index (χ2n) is 3.77. The lowest BCUT2D eigenvalue weighted by Crippen LogP contribution is -1.95. The fraction of sp³-hybridized carbons (Fsp3) is 0.643. The zero-order valence-corrected chi connectivity index (χ0v) is 9.10. The van der Waals surface area contributed by atoms with Gasteiger partial charge in [0.15, 0.2) is 0 Å². The first-order valence-corrected chi connectivity index (χ1v) is 5.51. The molecule has 0 aliphatic heterocycles. The number of hydrogen-bond donors (Lipinski definition) is 0. The fourth-order valence-corrected chi connectivity index (χ4v) is 1.46. The Bertz CT molecular complexity index is 167. The molecule has 0 heteroatoms. The molecule has 1 radical (unpaired) electrons. The molecule has 77 valence electrons. The molecule has 0 aliphatic carbocycles. The summed E-state index contributed by atoms with van der Waals surface area (Å²) in [4.78, 5) is 0. The van der Waals surface area contributed by atoms with Crippen molar-refractivity contribution in [2.45, 2.75) is 51.4 Å².